The molecule has 1 aromatic heterocycles. The summed E-state index contributed by atoms with van der Waals surface area (Å²) in [6, 6.07) is 10.9. The average Bonchev–Trinajstić information content (AvgIpc) is 2.48. The van der Waals surface area contributed by atoms with E-state index in [4.69, 9.17) is 16.3 Å². The lowest BCUT2D eigenvalue weighted by molar-refractivity contribution is 0.0527. The first-order valence-electron chi connectivity index (χ1n) is 6.76. The first-order valence-corrected chi connectivity index (χ1v) is 7.13. The number of carbonyl (C=O) groups excluding carboxylic acids is 1. The van der Waals surface area contributed by atoms with E-state index in [1.165, 1.54) is 0 Å². The zero-order chi connectivity index (χ0) is 15.2. The van der Waals surface area contributed by atoms with Crippen molar-refractivity contribution in [3.8, 4) is 0 Å². The molecule has 1 heterocycles. The first-order chi connectivity index (χ1) is 10.1. The summed E-state index contributed by atoms with van der Waals surface area (Å²) in [6.45, 7) is 4.10. The van der Waals surface area contributed by atoms with E-state index in [9.17, 15) is 4.79 Å². The molecule has 0 bridgehead atoms. The van der Waals surface area contributed by atoms with Gasteiger partial charge in [-0.15, -0.1) is 0 Å². The second-order valence-electron chi connectivity index (χ2n) is 4.54. The van der Waals surface area contributed by atoms with Gasteiger partial charge in [0.25, 0.3) is 0 Å². The minimum atomic E-state index is -0.378. The molecule has 0 aliphatic carbocycles. The van der Waals surface area contributed by atoms with Crippen LogP contribution in [0.5, 0.6) is 0 Å². The molecule has 5 heteroatoms. The lowest BCUT2D eigenvalue weighted by Crippen LogP contribution is -2.13. The van der Waals surface area contributed by atoms with Crippen molar-refractivity contribution in [3.63, 3.8) is 0 Å². The Morgan fingerprint density at radius 1 is 1.33 bits per heavy atom. The highest BCUT2D eigenvalue weighted by atomic mass is 35.5. The summed E-state index contributed by atoms with van der Waals surface area (Å²) in [5, 5.41) is 3.92. The van der Waals surface area contributed by atoms with Gasteiger partial charge < -0.3 is 10.1 Å². The smallest absolute Gasteiger partial charge is 0.341 e. The Labute approximate surface area is 129 Å². The first kappa shape index (κ1) is 15.3. The van der Waals surface area contributed by atoms with Crippen molar-refractivity contribution in [2.75, 3.05) is 11.9 Å². The van der Waals surface area contributed by atoms with Crippen molar-refractivity contribution in [1.82, 2.24) is 4.98 Å². The summed E-state index contributed by atoms with van der Waals surface area (Å²) in [6.07, 6.45) is 1.64. The van der Waals surface area contributed by atoms with Gasteiger partial charge in [-0.1, -0.05) is 23.7 Å². The van der Waals surface area contributed by atoms with Gasteiger partial charge in [-0.25, -0.2) is 9.78 Å². The van der Waals surface area contributed by atoms with Crippen molar-refractivity contribution < 1.29 is 9.53 Å². The van der Waals surface area contributed by atoms with Crippen molar-refractivity contribution in [2.45, 2.75) is 19.9 Å². The molecule has 0 fully saturated rings. The summed E-state index contributed by atoms with van der Waals surface area (Å²) in [5.74, 6) is 0.134. The van der Waals surface area contributed by atoms with E-state index >= 15 is 0 Å². The second-order valence-corrected chi connectivity index (χ2v) is 4.97. The fraction of sp³-hybridized carbons (Fsp3) is 0.250. The summed E-state index contributed by atoms with van der Waals surface area (Å²) in [4.78, 5) is 16.1. The molecule has 0 radical (unpaired) electrons. The molecule has 1 aromatic carbocycles. The van der Waals surface area contributed by atoms with Gasteiger partial charge in [-0.05, 0) is 43.7 Å². The van der Waals surface area contributed by atoms with Crippen molar-refractivity contribution in [1.29, 1.82) is 0 Å². The highest BCUT2D eigenvalue weighted by Crippen LogP contribution is 2.22. The molecule has 0 saturated heterocycles. The number of hydrogen-bond acceptors (Lipinski definition) is 4. The number of hydrogen-bond donors (Lipinski definition) is 1. The molecular formula is C16H17ClN2O2. The molecule has 0 saturated carbocycles. The number of halogens is 1. The monoisotopic (exact) mass is 304 g/mol. The second kappa shape index (κ2) is 7.09. The molecule has 2 rings (SSSR count). The normalized spacial score (nSPS) is 11.8. The molecule has 1 N–H and O–H groups in total. The van der Waals surface area contributed by atoms with Crippen molar-refractivity contribution in [3.05, 3.63) is 58.7 Å². The predicted octanol–water partition coefficient (Wildman–Crippen LogP) is 4.08. The number of anilines is 1. The van der Waals surface area contributed by atoms with Gasteiger partial charge >= 0.3 is 5.97 Å². The predicted molar refractivity (Wildman–Crippen MR) is 83.7 cm³/mol. The Bertz CT molecular complexity index is 614. The SMILES string of the molecule is CCOC(=O)c1cccnc1NC(C)c1ccc(Cl)cc1. The third-order valence-corrected chi connectivity index (χ3v) is 3.28. The van der Waals surface area contributed by atoms with E-state index in [2.05, 4.69) is 10.3 Å². The van der Waals surface area contributed by atoms with E-state index in [-0.39, 0.29) is 12.0 Å². The van der Waals surface area contributed by atoms with Gasteiger partial charge in [0, 0.05) is 17.3 Å². The molecule has 4 nitrogen and oxygen atoms in total. The maximum Gasteiger partial charge on any atom is 0.341 e. The summed E-state index contributed by atoms with van der Waals surface area (Å²) in [7, 11) is 0. The van der Waals surface area contributed by atoms with Crippen molar-refractivity contribution >= 4 is 23.4 Å². The Balaban J connectivity index is 2.19. The van der Waals surface area contributed by atoms with Gasteiger partial charge in [0.1, 0.15) is 11.4 Å². The number of pyridine rings is 1. The molecule has 1 unspecified atom stereocenters. The summed E-state index contributed by atoms with van der Waals surface area (Å²) >= 11 is 5.88. The molecule has 0 spiro atoms. The molecule has 21 heavy (non-hydrogen) atoms. The average molecular weight is 305 g/mol. The van der Waals surface area contributed by atoms with Gasteiger partial charge in [-0.3, -0.25) is 0 Å². The maximum absolute atomic E-state index is 11.9. The highest BCUT2D eigenvalue weighted by molar-refractivity contribution is 6.30. The van der Waals surface area contributed by atoms with Gasteiger partial charge in [0.05, 0.1) is 6.61 Å². The number of carbonyl (C=O) groups is 1. The number of nitrogens with one attached hydrogen (secondary N) is 1. The van der Waals surface area contributed by atoms with E-state index < -0.39 is 0 Å². The lowest BCUT2D eigenvalue weighted by Gasteiger charge is -2.17. The highest BCUT2D eigenvalue weighted by Gasteiger charge is 2.15. The van der Waals surface area contributed by atoms with Crippen LogP contribution in [0.1, 0.15) is 35.8 Å². The van der Waals surface area contributed by atoms with E-state index in [1.54, 1.807) is 25.3 Å². The number of nitrogens with zero attached hydrogens (tertiary/aromatic N) is 1. The molecule has 110 valence electrons. The molecule has 2 aromatic rings. The number of esters is 1. The maximum atomic E-state index is 11.9. The van der Waals surface area contributed by atoms with Crippen LogP contribution in [0.2, 0.25) is 5.02 Å². The molecule has 1 atom stereocenters. The largest absolute Gasteiger partial charge is 0.462 e. The van der Waals surface area contributed by atoms with Gasteiger partial charge in [0.2, 0.25) is 0 Å². The van der Waals surface area contributed by atoms with Crippen LogP contribution < -0.4 is 5.32 Å². The Morgan fingerprint density at radius 2 is 2.05 bits per heavy atom. The van der Waals surface area contributed by atoms with E-state index in [0.717, 1.165) is 5.56 Å². The molecule has 0 aliphatic rings. The van der Waals surface area contributed by atoms with Crippen LogP contribution in [-0.2, 0) is 4.74 Å². The standard InChI is InChI=1S/C16H17ClN2O2/c1-3-21-16(20)14-5-4-10-18-15(14)19-11(2)12-6-8-13(17)9-7-12/h4-11H,3H2,1-2H3,(H,18,19). The minimum absolute atomic E-state index is 0.00894. The van der Waals surface area contributed by atoms with Crippen LogP contribution in [0.25, 0.3) is 0 Å². The lowest BCUT2D eigenvalue weighted by atomic mass is 10.1. The third kappa shape index (κ3) is 3.95. The van der Waals surface area contributed by atoms with Gasteiger partial charge in [0.15, 0.2) is 0 Å². The fourth-order valence-corrected chi connectivity index (χ4v) is 2.06. The fourth-order valence-electron chi connectivity index (χ4n) is 1.93. The summed E-state index contributed by atoms with van der Waals surface area (Å²) in [5.41, 5.74) is 1.49. The quantitative estimate of drug-likeness (QED) is 0.845. The Kier molecular flexibility index (Phi) is 5.17. The summed E-state index contributed by atoms with van der Waals surface area (Å²) < 4.78 is 5.04. The number of benzene rings is 1. The number of aromatic nitrogens is 1. The zero-order valence-corrected chi connectivity index (χ0v) is 12.7. The van der Waals surface area contributed by atoms with E-state index in [0.29, 0.717) is 23.0 Å². The molecule has 0 aliphatic heterocycles. The van der Waals surface area contributed by atoms with Crippen molar-refractivity contribution in [2.24, 2.45) is 0 Å². The zero-order valence-electron chi connectivity index (χ0n) is 12.0. The van der Waals surface area contributed by atoms with Crippen LogP contribution in [0, 0.1) is 0 Å². The minimum Gasteiger partial charge on any atom is -0.462 e. The molecule has 0 amide bonds. The van der Waals surface area contributed by atoms with Crippen LogP contribution in [0.3, 0.4) is 0 Å². The van der Waals surface area contributed by atoms with Crippen LogP contribution in [0.15, 0.2) is 42.6 Å². The van der Waals surface area contributed by atoms with Crippen LogP contribution in [-0.4, -0.2) is 17.6 Å². The third-order valence-electron chi connectivity index (χ3n) is 3.03. The Hall–Kier alpha value is -2.07. The van der Waals surface area contributed by atoms with Gasteiger partial charge in [-0.2, -0.15) is 0 Å². The number of ether oxygens (including phenoxy) is 1. The Morgan fingerprint density at radius 3 is 2.71 bits per heavy atom. The number of rotatable bonds is 5. The van der Waals surface area contributed by atoms with E-state index in [1.807, 2.05) is 31.2 Å². The molecular weight excluding hydrogens is 288 g/mol. The van der Waals surface area contributed by atoms with Crippen LogP contribution >= 0.6 is 11.6 Å². The van der Waals surface area contributed by atoms with Crippen LogP contribution in [0.4, 0.5) is 5.82 Å². The topological polar surface area (TPSA) is 51.2 Å².